The molecule has 0 N–H and O–H groups in total. The summed E-state index contributed by atoms with van der Waals surface area (Å²) in [4.78, 5) is 26.4. The van der Waals surface area contributed by atoms with Gasteiger partial charge in [0.15, 0.2) is 0 Å². The van der Waals surface area contributed by atoms with Crippen LogP contribution in [0.2, 0.25) is 0 Å². The summed E-state index contributed by atoms with van der Waals surface area (Å²) in [5.74, 6) is 0.184. The number of aromatic nitrogens is 2. The first-order chi connectivity index (χ1) is 11.2. The van der Waals surface area contributed by atoms with Crippen molar-refractivity contribution >= 4 is 16.8 Å². The molecule has 0 aliphatic heterocycles. The van der Waals surface area contributed by atoms with E-state index in [2.05, 4.69) is 5.10 Å². The summed E-state index contributed by atoms with van der Waals surface area (Å²) in [5.41, 5.74) is 0.709. The third-order valence-electron chi connectivity index (χ3n) is 4.73. The van der Waals surface area contributed by atoms with E-state index in [1.807, 2.05) is 30.0 Å². The van der Waals surface area contributed by atoms with Gasteiger partial charge in [-0.15, -0.1) is 0 Å². The number of benzene rings is 1. The van der Waals surface area contributed by atoms with Gasteiger partial charge in [-0.25, -0.2) is 0 Å². The van der Waals surface area contributed by atoms with Gasteiger partial charge in [-0.05, 0) is 31.9 Å². The maximum absolute atomic E-state index is 12.6. The molecule has 2 aromatic rings. The van der Waals surface area contributed by atoms with E-state index in [9.17, 15) is 9.59 Å². The highest BCUT2D eigenvalue weighted by Gasteiger charge is 2.25. The van der Waals surface area contributed by atoms with Crippen molar-refractivity contribution in [1.29, 1.82) is 0 Å². The minimum absolute atomic E-state index is 0.0793. The second kappa shape index (κ2) is 6.94. The average molecular weight is 313 g/mol. The molecule has 1 aliphatic rings. The number of nitrogens with zero attached hydrogens (tertiary/aromatic N) is 3. The summed E-state index contributed by atoms with van der Waals surface area (Å²) >= 11 is 0. The van der Waals surface area contributed by atoms with Crippen LogP contribution in [-0.2, 0) is 11.3 Å². The largest absolute Gasteiger partial charge is 0.340 e. The highest BCUT2D eigenvalue weighted by molar-refractivity contribution is 5.79. The Labute approximate surface area is 135 Å². The number of carbonyl (C=O) groups is 1. The Hall–Kier alpha value is -2.17. The van der Waals surface area contributed by atoms with Crippen LogP contribution in [0.4, 0.5) is 0 Å². The zero-order valence-corrected chi connectivity index (χ0v) is 13.6. The second-order valence-corrected chi connectivity index (χ2v) is 6.12. The molecule has 122 valence electrons. The van der Waals surface area contributed by atoms with E-state index in [4.69, 9.17) is 0 Å². The molecule has 0 atom stereocenters. The van der Waals surface area contributed by atoms with Gasteiger partial charge in [0.25, 0.3) is 0 Å². The molecule has 1 aromatic heterocycles. The van der Waals surface area contributed by atoms with E-state index >= 15 is 0 Å². The molecule has 0 spiro atoms. The van der Waals surface area contributed by atoms with E-state index < -0.39 is 0 Å². The Kier molecular flexibility index (Phi) is 4.74. The van der Waals surface area contributed by atoms with Crippen LogP contribution in [0.15, 0.2) is 35.3 Å². The highest BCUT2D eigenvalue weighted by Crippen LogP contribution is 2.24. The van der Waals surface area contributed by atoms with Crippen molar-refractivity contribution in [3.8, 4) is 0 Å². The highest BCUT2D eigenvalue weighted by atomic mass is 16.2. The minimum Gasteiger partial charge on any atom is -0.340 e. The fourth-order valence-corrected chi connectivity index (χ4v) is 3.54. The molecule has 1 amide bonds. The predicted molar refractivity (Wildman–Crippen MR) is 90.3 cm³/mol. The van der Waals surface area contributed by atoms with Gasteiger partial charge in [0.2, 0.25) is 11.3 Å². The van der Waals surface area contributed by atoms with Crippen molar-refractivity contribution in [3.63, 3.8) is 0 Å². The second-order valence-electron chi connectivity index (χ2n) is 6.12. The molecule has 1 aromatic carbocycles. The van der Waals surface area contributed by atoms with Crippen LogP contribution in [-0.4, -0.2) is 33.2 Å². The standard InChI is InChI=1S/C18H23N3O2/c1-2-20(14-7-3-4-8-14)18(23)11-12-21-16-10-6-5-9-15(16)17(22)13-19-21/h5-6,9-10,13-14H,2-4,7-8,11-12H2,1H3. The van der Waals surface area contributed by atoms with E-state index in [1.165, 1.54) is 19.0 Å². The summed E-state index contributed by atoms with van der Waals surface area (Å²) in [7, 11) is 0. The number of hydrogen-bond acceptors (Lipinski definition) is 3. The Morgan fingerprint density at radius 1 is 1.30 bits per heavy atom. The number of amides is 1. The summed E-state index contributed by atoms with van der Waals surface area (Å²) < 4.78 is 1.76. The van der Waals surface area contributed by atoms with Gasteiger partial charge in [0.1, 0.15) is 0 Å². The molecule has 5 nitrogen and oxygen atoms in total. The lowest BCUT2D eigenvalue weighted by Gasteiger charge is -2.27. The molecule has 0 radical (unpaired) electrons. The fourth-order valence-electron chi connectivity index (χ4n) is 3.54. The third-order valence-corrected chi connectivity index (χ3v) is 4.73. The molecule has 1 saturated carbocycles. The molecule has 1 heterocycles. The minimum atomic E-state index is -0.0793. The van der Waals surface area contributed by atoms with Crippen LogP contribution < -0.4 is 5.43 Å². The fraction of sp³-hybridized carbons (Fsp3) is 0.500. The summed E-state index contributed by atoms with van der Waals surface area (Å²) in [5, 5.41) is 4.85. The first-order valence-corrected chi connectivity index (χ1v) is 8.45. The van der Waals surface area contributed by atoms with Crippen LogP contribution in [0, 0.1) is 0 Å². The van der Waals surface area contributed by atoms with Crippen LogP contribution in [0.1, 0.15) is 39.0 Å². The Bertz CT molecular complexity index is 747. The molecule has 1 fully saturated rings. The lowest BCUT2D eigenvalue weighted by atomic mass is 10.2. The molecular weight excluding hydrogens is 290 g/mol. The smallest absolute Gasteiger partial charge is 0.224 e. The van der Waals surface area contributed by atoms with Crippen LogP contribution in [0.25, 0.3) is 10.9 Å². The van der Waals surface area contributed by atoms with Crippen LogP contribution >= 0.6 is 0 Å². The average Bonchev–Trinajstić information content (AvgIpc) is 3.09. The Morgan fingerprint density at radius 3 is 2.78 bits per heavy atom. The molecule has 0 saturated heterocycles. The van der Waals surface area contributed by atoms with E-state index in [1.54, 1.807) is 10.7 Å². The lowest BCUT2D eigenvalue weighted by Crippen LogP contribution is -2.39. The normalized spacial score (nSPS) is 15.2. The molecular formula is C18H23N3O2. The summed E-state index contributed by atoms with van der Waals surface area (Å²) in [6.45, 7) is 3.31. The topological polar surface area (TPSA) is 55.2 Å². The molecule has 0 bridgehead atoms. The van der Waals surface area contributed by atoms with Gasteiger partial charge >= 0.3 is 0 Å². The number of fused-ring (bicyclic) bond motifs is 1. The maximum Gasteiger partial charge on any atom is 0.224 e. The lowest BCUT2D eigenvalue weighted by molar-refractivity contribution is -0.133. The number of aryl methyl sites for hydroxylation is 1. The maximum atomic E-state index is 12.6. The quantitative estimate of drug-likeness (QED) is 0.852. The van der Waals surface area contributed by atoms with E-state index in [0.29, 0.717) is 24.4 Å². The molecule has 3 rings (SSSR count). The van der Waals surface area contributed by atoms with Crippen molar-refractivity contribution in [2.75, 3.05) is 6.54 Å². The van der Waals surface area contributed by atoms with Crippen molar-refractivity contribution < 1.29 is 4.79 Å². The van der Waals surface area contributed by atoms with Gasteiger partial charge in [0.05, 0.1) is 18.3 Å². The zero-order chi connectivity index (χ0) is 16.2. The van der Waals surface area contributed by atoms with Gasteiger partial charge in [-0.3, -0.25) is 14.3 Å². The first kappa shape index (κ1) is 15.7. The zero-order valence-electron chi connectivity index (χ0n) is 13.6. The van der Waals surface area contributed by atoms with Crippen molar-refractivity contribution in [2.24, 2.45) is 0 Å². The predicted octanol–water partition coefficient (Wildman–Crippen LogP) is 2.58. The summed E-state index contributed by atoms with van der Waals surface area (Å²) in [6, 6.07) is 7.82. The van der Waals surface area contributed by atoms with Crippen LogP contribution in [0.3, 0.4) is 0 Å². The van der Waals surface area contributed by atoms with E-state index in [0.717, 1.165) is 24.9 Å². The first-order valence-electron chi connectivity index (χ1n) is 8.45. The van der Waals surface area contributed by atoms with Gasteiger partial charge < -0.3 is 4.90 Å². The van der Waals surface area contributed by atoms with Crippen LogP contribution in [0.5, 0.6) is 0 Å². The van der Waals surface area contributed by atoms with Crippen molar-refractivity contribution in [3.05, 3.63) is 40.7 Å². The SMILES string of the molecule is CCN(C(=O)CCn1ncc(=O)c2ccccc21)C1CCCC1. The monoisotopic (exact) mass is 313 g/mol. The van der Waals surface area contributed by atoms with Crippen molar-refractivity contribution in [2.45, 2.75) is 51.6 Å². The van der Waals surface area contributed by atoms with E-state index in [-0.39, 0.29) is 11.3 Å². The number of rotatable bonds is 5. The molecule has 5 heteroatoms. The molecule has 1 aliphatic carbocycles. The third kappa shape index (κ3) is 3.28. The van der Waals surface area contributed by atoms with Gasteiger partial charge in [-0.1, -0.05) is 25.0 Å². The van der Waals surface area contributed by atoms with Crippen molar-refractivity contribution in [1.82, 2.24) is 14.7 Å². The summed E-state index contributed by atoms with van der Waals surface area (Å²) in [6.07, 6.45) is 6.45. The van der Waals surface area contributed by atoms with Gasteiger partial charge in [0, 0.05) is 24.4 Å². The number of para-hydroxylation sites is 1. The Morgan fingerprint density at radius 2 is 2.04 bits per heavy atom. The molecule has 0 unspecified atom stereocenters. The van der Waals surface area contributed by atoms with Gasteiger partial charge in [-0.2, -0.15) is 5.10 Å². The molecule has 23 heavy (non-hydrogen) atoms. The number of carbonyl (C=O) groups excluding carboxylic acids is 1. The Balaban J connectivity index is 1.74. The number of hydrogen-bond donors (Lipinski definition) is 0.